The third-order valence-corrected chi connectivity index (χ3v) is 1.93. The second kappa shape index (κ2) is 6.00. The molecule has 1 rings (SSSR count). The molecule has 13 heavy (non-hydrogen) atoms. The highest BCUT2D eigenvalue weighted by Crippen LogP contribution is 2.09. The number of ether oxygens (including phenoxy) is 3. The van der Waals surface area contributed by atoms with Gasteiger partial charge in [0, 0.05) is 6.61 Å². The van der Waals surface area contributed by atoms with E-state index in [4.69, 9.17) is 14.2 Å². The van der Waals surface area contributed by atoms with E-state index in [-0.39, 0.29) is 6.10 Å². The normalized spacial score (nSPS) is 22.4. The van der Waals surface area contributed by atoms with Gasteiger partial charge in [-0.15, -0.1) is 0 Å². The van der Waals surface area contributed by atoms with Gasteiger partial charge in [0.25, 0.3) is 0 Å². The Kier molecular flexibility index (Phi) is 4.86. The maximum absolute atomic E-state index is 5.38. The molecular formula is C10H18O3. The van der Waals surface area contributed by atoms with E-state index in [0.29, 0.717) is 6.10 Å². The fraction of sp³-hybridized carbons (Fsp3) is 0.800. The first kappa shape index (κ1) is 10.5. The molecule has 1 aliphatic rings. The SMILES string of the molecule is C=COC(C)CCCOCC1CO1. The molecule has 1 saturated heterocycles. The molecule has 0 aromatic rings. The van der Waals surface area contributed by atoms with Crippen LogP contribution in [-0.2, 0) is 14.2 Å². The summed E-state index contributed by atoms with van der Waals surface area (Å²) >= 11 is 0. The van der Waals surface area contributed by atoms with Crippen LogP contribution in [0, 0.1) is 0 Å². The predicted molar refractivity (Wildman–Crippen MR) is 50.5 cm³/mol. The van der Waals surface area contributed by atoms with Crippen LogP contribution in [0.25, 0.3) is 0 Å². The zero-order valence-electron chi connectivity index (χ0n) is 8.20. The molecule has 2 unspecified atom stereocenters. The van der Waals surface area contributed by atoms with E-state index >= 15 is 0 Å². The fourth-order valence-corrected chi connectivity index (χ4v) is 1.08. The molecule has 0 radical (unpaired) electrons. The van der Waals surface area contributed by atoms with Crippen LogP contribution in [0.2, 0.25) is 0 Å². The third-order valence-electron chi connectivity index (χ3n) is 1.93. The maximum atomic E-state index is 5.38. The number of epoxide rings is 1. The van der Waals surface area contributed by atoms with E-state index < -0.39 is 0 Å². The van der Waals surface area contributed by atoms with Gasteiger partial charge in [0.1, 0.15) is 6.10 Å². The summed E-state index contributed by atoms with van der Waals surface area (Å²) in [6.45, 7) is 7.95. The minimum Gasteiger partial charge on any atom is -0.499 e. The second-order valence-electron chi connectivity index (χ2n) is 3.29. The monoisotopic (exact) mass is 186 g/mol. The van der Waals surface area contributed by atoms with Gasteiger partial charge >= 0.3 is 0 Å². The van der Waals surface area contributed by atoms with Gasteiger partial charge in [-0.25, -0.2) is 0 Å². The zero-order valence-corrected chi connectivity index (χ0v) is 8.20. The van der Waals surface area contributed by atoms with E-state index in [9.17, 15) is 0 Å². The van der Waals surface area contributed by atoms with E-state index in [1.807, 2.05) is 6.92 Å². The molecule has 0 aromatic carbocycles. The largest absolute Gasteiger partial charge is 0.499 e. The Morgan fingerprint density at radius 2 is 2.46 bits per heavy atom. The molecule has 0 aromatic heterocycles. The molecule has 0 amide bonds. The van der Waals surface area contributed by atoms with Crippen LogP contribution < -0.4 is 0 Å². The first-order valence-corrected chi connectivity index (χ1v) is 4.78. The van der Waals surface area contributed by atoms with E-state index in [1.54, 1.807) is 0 Å². The molecule has 1 fully saturated rings. The molecule has 3 heteroatoms. The lowest BCUT2D eigenvalue weighted by Crippen LogP contribution is -2.07. The summed E-state index contributed by atoms with van der Waals surface area (Å²) in [5.74, 6) is 0. The lowest BCUT2D eigenvalue weighted by molar-refractivity contribution is 0.0946. The molecule has 1 aliphatic heterocycles. The highest BCUT2D eigenvalue weighted by Gasteiger charge is 2.21. The molecular weight excluding hydrogens is 168 g/mol. The Hall–Kier alpha value is -0.540. The molecule has 0 spiro atoms. The topological polar surface area (TPSA) is 31.0 Å². The summed E-state index contributed by atoms with van der Waals surface area (Å²) in [7, 11) is 0. The summed E-state index contributed by atoms with van der Waals surface area (Å²) in [6, 6.07) is 0. The molecule has 3 nitrogen and oxygen atoms in total. The van der Waals surface area contributed by atoms with Crippen LogP contribution >= 0.6 is 0 Å². The molecule has 76 valence electrons. The Bertz CT molecular complexity index is 143. The van der Waals surface area contributed by atoms with Crippen molar-refractivity contribution in [2.75, 3.05) is 19.8 Å². The van der Waals surface area contributed by atoms with Crippen LogP contribution in [-0.4, -0.2) is 32.0 Å². The second-order valence-corrected chi connectivity index (χ2v) is 3.29. The minimum atomic E-state index is 0.248. The summed E-state index contributed by atoms with van der Waals surface area (Å²) < 4.78 is 15.6. The fourth-order valence-electron chi connectivity index (χ4n) is 1.08. The van der Waals surface area contributed by atoms with Crippen LogP contribution in [0.4, 0.5) is 0 Å². The van der Waals surface area contributed by atoms with Crippen LogP contribution in [0.1, 0.15) is 19.8 Å². The van der Waals surface area contributed by atoms with Crippen LogP contribution in [0.5, 0.6) is 0 Å². The summed E-state index contributed by atoms with van der Waals surface area (Å²) in [5, 5.41) is 0. The first-order chi connectivity index (χ1) is 6.33. The number of hydrogen-bond acceptors (Lipinski definition) is 3. The van der Waals surface area contributed by atoms with Gasteiger partial charge in [-0.3, -0.25) is 0 Å². The van der Waals surface area contributed by atoms with E-state index in [0.717, 1.165) is 32.7 Å². The van der Waals surface area contributed by atoms with Crippen LogP contribution in [0.3, 0.4) is 0 Å². The van der Waals surface area contributed by atoms with E-state index in [2.05, 4.69) is 6.58 Å². The number of rotatable bonds is 8. The van der Waals surface area contributed by atoms with Crippen LogP contribution in [0.15, 0.2) is 12.8 Å². The minimum absolute atomic E-state index is 0.248. The quantitative estimate of drug-likeness (QED) is 0.328. The number of hydrogen-bond donors (Lipinski definition) is 0. The highest BCUT2D eigenvalue weighted by molar-refractivity contribution is 4.67. The summed E-state index contributed by atoms with van der Waals surface area (Å²) in [5.41, 5.74) is 0. The van der Waals surface area contributed by atoms with Crippen molar-refractivity contribution in [3.05, 3.63) is 12.8 Å². The Morgan fingerprint density at radius 3 is 3.08 bits per heavy atom. The van der Waals surface area contributed by atoms with Gasteiger partial charge in [-0.2, -0.15) is 0 Å². The van der Waals surface area contributed by atoms with Gasteiger partial charge in [0.05, 0.1) is 25.6 Å². The molecule has 0 N–H and O–H groups in total. The average Bonchev–Trinajstić information content (AvgIpc) is 2.88. The first-order valence-electron chi connectivity index (χ1n) is 4.78. The van der Waals surface area contributed by atoms with Crippen molar-refractivity contribution < 1.29 is 14.2 Å². The van der Waals surface area contributed by atoms with Gasteiger partial charge in [-0.05, 0) is 19.8 Å². The van der Waals surface area contributed by atoms with E-state index in [1.165, 1.54) is 6.26 Å². The standard InChI is InChI=1S/C10H18O3/c1-3-12-9(2)5-4-6-11-7-10-8-13-10/h3,9-10H,1,4-8H2,2H3. The van der Waals surface area contributed by atoms with Gasteiger partial charge in [-0.1, -0.05) is 6.58 Å². The van der Waals surface area contributed by atoms with Crippen molar-refractivity contribution in [3.8, 4) is 0 Å². The average molecular weight is 186 g/mol. The van der Waals surface area contributed by atoms with Gasteiger partial charge in [0.15, 0.2) is 0 Å². The molecule has 0 bridgehead atoms. The predicted octanol–water partition coefficient (Wildman–Crippen LogP) is 1.73. The van der Waals surface area contributed by atoms with Crippen molar-refractivity contribution in [3.63, 3.8) is 0 Å². The lowest BCUT2D eigenvalue weighted by atomic mass is 10.2. The smallest absolute Gasteiger partial charge is 0.104 e. The molecule has 0 aliphatic carbocycles. The van der Waals surface area contributed by atoms with Crippen molar-refractivity contribution in [2.45, 2.75) is 32.0 Å². The summed E-state index contributed by atoms with van der Waals surface area (Å²) in [6.07, 6.45) is 4.16. The maximum Gasteiger partial charge on any atom is 0.104 e. The Labute approximate surface area is 79.7 Å². The van der Waals surface area contributed by atoms with Crippen molar-refractivity contribution >= 4 is 0 Å². The highest BCUT2D eigenvalue weighted by atomic mass is 16.6. The lowest BCUT2D eigenvalue weighted by Gasteiger charge is -2.10. The van der Waals surface area contributed by atoms with Crippen molar-refractivity contribution in [1.82, 2.24) is 0 Å². The van der Waals surface area contributed by atoms with Gasteiger partial charge < -0.3 is 14.2 Å². The Morgan fingerprint density at radius 1 is 1.69 bits per heavy atom. The Balaban J connectivity index is 1.79. The molecule has 2 atom stereocenters. The third kappa shape index (κ3) is 5.66. The zero-order chi connectivity index (χ0) is 9.52. The van der Waals surface area contributed by atoms with Crippen molar-refractivity contribution in [2.24, 2.45) is 0 Å². The van der Waals surface area contributed by atoms with Crippen molar-refractivity contribution in [1.29, 1.82) is 0 Å². The van der Waals surface area contributed by atoms with Gasteiger partial charge in [0.2, 0.25) is 0 Å². The molecule has 0 saturated carbocycles. The summed E-state index contributed by atoms with van der Waals surface area (Å²) in [4.78, 5) is 0. The molecule has 1 heterocycles.